The minimum atomic E-state index is -0.906. The molecule has 1 amide bonds. The van der Waals surface area contributed by atoms with E-state index < -0.39 is 18.2 Å². The normalized spacial score (nSPS) is 24.2. The molecular weight excluding hydrogens is 801 g/mol. The van der Waals surface area contributed by atoms with E-state index in [0.29, 0.717) is 58.2 Å². The van der Waals surface area contributed by atoms with Gasteiger partial charge in [-0.15, -0.1) is 0 Å². The summed E-state index contributed by atoms with van der Waals surface area (Å²) in [5.74, 6) is 1.35. The molecule has 0 spiro atoms. The van der Waals surface area contributed by atoms with Crippen molar-refractivity contribution < 1.29 is 24.5 Å². The number of amides is 1. The number of aromatic nitrogens is 2. The lowest BCUT2D eigenvalue weighted by atomic mass is 10.00. The molecule has 3 aliphatic heterocycles. The van der Waals surface area contributed by atoms with Crippen molar-refractivity contribution in [2.24, 2.45) is 24.6 Å². The number of benzene rings is 3. The minimum absolute atomic E-state index is 0.0300. The van der Waals surface area contributed by atoms with Crippen molar-refractivity contribution in [1.29, 1.82) is 0 Å². The molecule has 7 unspecified atom stereocenters. The number of hydrogen-bond donors (Lipinski definition) is 4. The highest BCUT2D eigenvalue weighted by atomic mass is 35.5. The first kappa shape index (κ1) is 41.7. The van der Waals surface area contributed by atoms with Crippen molar-refractivity contribution in [2.45, 2.75) is 94.3 Å². The first-order valence-electron chi connectivity index (χ1n) is 22.1. The Kier molecular flexibility index (Phi) is 12.5. The largest absolute Gasteiger partial charge is 0.489 e. The maximum absolute atomic E-state index is 13.9. The standard InChI is InChI=1S/C46H59Cl2N7O5/c1-52-40-24-32(8-11-34(40)38(51-52)22-31-23-43(31)60-42-13-6-28(20-36(42)48)44(56)37(49)26-53-15-2-3-16-53)55-19-14-30(25-55)46(58)50-39(27-54-17-4-5-18-54)45(57)29-7-12-41(35(47)21-29)59-33-9-10-33/h6-8,11-13,20-21,24,30-31,33,37,39,43-45,56-57H,2-5,9-10,14-19,22-23,25-27,49H2,1H3,(H,50,58). The summed E-state index contributed by atoms with van der Waals surface area (Å²) in [6.07, 6.45) is 7.71. The molecule has 7 atom stereocenters. The molecule has 2 saturated carbocycles. The number of aliphatic hydroxyl groups excluding tert-OH is 2. The first-order valence-corrected chi connectivity index (χ1v) is 22.8. The summed E-state index contributed by atoms with van der Waals surface area (Å²) < 4.78 is 14.2. The summed E-state index contributed by atoms with van der Waals surface area (Å²) in [6, 6.07) is 16.6. The lowest BCUT2D eigenvalue weighted by molar-refractivity contribution is -0.126. The van der Waals surface area contributed by atoms with Crippen LogP contribution in [0.15, 0.2) is 54.6 Å². The predicted octanol–water partition coefficient (Wildman–Crippen LogP) is 6.03. The highest BCUT2D eigenvalue weighted by Gasteiger charge is 2.41. The number of ether oxygens (including phenoxy) is 2. The van der Waals surface area contributed by atoms with E-state index in [-0.39, 0.29) is 30.1 Å². The van der Waals surface area contributed by atoms with Crippen molar-refractivity contribution in [2.75, 3.05) is 57.3 Å². The Balaban J connectivity index is 0.797. The summed E-state index contributed by atoms with van der Waals surface area (Å²) in [6.45, 7) is 6.60. The molecule has 5 N–H and O–H groups in total. The van der Waals surface area contributed by atoms with E-state index in [1.54, 1.807) is 12.1 Å². The van der Waals surface area contributed by atoms with Crippen LogP contribution in [0.1, 0.15) is 80.4 Å². The van der Waals surface area contributed by atoms with E-state index in [4.69, 9.17) is 43.5 Å². The quantitative estimate of drug-likeness (QED) is 0.0996. The van der Waals surface area contributed by atoms with Gasteiger partial charge >= 0.3 is 0 Å². The number of nitrogens with one attached hydrogen (secondary N) is 1. The fourth-order valence-electron chi connectivity index (χ4n) is 9.44. The number of nitrogens with zero attached hydrogens (tertiary/aromatic N) is 5. The van der Waals surface area contributed by atoms with Gasteiger partial charge in [-0.05, 0) is 138 Å². The summed E-state index contributed by atoms with van der Waals surface area (Å²) in [5.41, 5.74) is 10.9. The van der Waals surface area contributed by atoms with Gasteiger partial charge in [-0.1, -0.05) is 35.3 Å². The number of fused-ring (bicyclic) bond motifs is 1. The zero-order valence-corrected chi connectivity index (χ0v) is 36.0. The second kappa shape index (κ2) is 18.0. The van der Waals surface area contributed by atoms with Gasteiger partial charge in [-0.3, -0.25) is 9.48 Å². The third-order valence-corrected chi connectivity index (χ3v) is 13.9. The predicted molar refractivity (Wildman–Crippen MR) is 235 cm³/mol. The van der Waals surface area contributed by atoms with Gasteiger partial charge in [0.05, 0.1) is 45.4 Å². The van der Waals surface area contributed by atoms with Gasteiger partial charge in [-0.25, -0.2) is 0 Å². The molecule has 1 aromatic heterocycles. The Morgan fingerprint density at radius 2 is 1.50 bits per heavy atom. The smallest absolute Gasteiger partial charge is 0.225 e. The number of rotatable bonds is 17. The molecule has 5 fully saturated rings. The van der Waals surface area contributed by atoms with Gasteiger partial charge in [-0.2, -0.15) is 5.10 Å². The van der Waals surface area contributed by atoms with Crippen LogP contribution in [0.4, 0.5) is 5.69 Å². The lowest BCUT2D eigenvalue weighted by Crippen LogP contribution is -2.48. The molecule has 4 heterocycles. The molecule has 2 aliphatic carbocycles. The highest BCUT2D eigenvalue weighted by molar-refractivity contribution is 6.32. The zero-order chi connectivity index (χ0) is 41.5. The molecule has 9 rings (SSSR count). The van der Waals surface area contributed by atoms with Crippen LogP contribution in [0.3, 0.4) is 0 Å². The van der Waals surface area contributed by atoms with Crippen molar-refractivity contribution in [3.05, 3.63) is 81.5 Å². The Morgan fingerprint density at radius 1 is 0.850 bits per heavy atom. The van der Waals surface area contributed by atoms with Gasteiger partial charge in [0.2, 0.25) is 5.91 Å². The number of aryl methyl sites for hydroxylation is 1. The van der Waals surface area contributed by atoms with Crippen LogP contribution in [0.2, 0.25) is 10.0 Å². The first-order chi connectivity index (χ1) is 29.1. The van der Waals surface area contributed by atoms with Gasteiger partial charge in [0, 0.05) is 56.3 Å². The number of carbonyl (C=O) groups excluding carboxylic acids is 1. The average molecular weight is 861 g/mol. The number of halogens is 2. The van der Waals surface area contributed by atoms with Gasteiger partial charge in [0.15, 0.2) is 0 Å². The molecule has 4 aromatic rings. The monoisotopic (exact) mass is 859 g/mol. The minimum Gasteiger partial charge on any atom is -0.489 e. The number of hydrogen-bond acceptors (Lipinski definition) is 10. The Bertz CT molecular complexity index is 2150. The second-order valence-corrected chi connectivity index (χ2v) is 18.8. The van der Waals surface area contributed by atoms with Crippen LogP contribution >= 0.6 is 23.2 Å². The fraction of sp³-hybridized carbons (Fsp3) is 0.565. The molecule has 3 aromatic carbocycles. The molecule has 12 nitrogen and oxygen atoms in total. The average Bonchev–Trinajstić information content (AvgIpc) is 3.81. The lowest BCUT2D eigenvalue weighted by Gasteiger charge is -2.30. The van der Waals surface area contributed by atoms with Crippen LogP contribution in [0, 0.1) is 11.8 Å². The SMILES string of the molecule is Cn1nc(CC2CC2Oc2ccc(C(O)C(N)CN3CCCC3)cc2Cl)c2ccc(N3CCC(C(=O)NC(CN4CCCC4)C(O)c4ccc(OC5CC5)c(Cl)c4)C3)cc21. The van der Waals surface area contributed by atoms with E-state index in [2.05, 4.69) is 38.2 Å². The van der Waals surface area contributed by atoms with Crippen LogP contribution in [0.5, 0.6) is 11.5 Å². The Morgan fingerprint density at radius 3 is 2.17 bits per heavy atom. The Labute approximate surface area is 362 Å². The van der Waals surface area contributed by atoms with Crippen molar-refractivity contribution >= 4 is 45.7 Å². The topological polar surface area (TPSA) is 142 Å². The van der Waals surface area contributed by atoms with Crippen LogP contribution in [-0.2, 0) is 18.3 Å². The number of aliphatic hydroxyl groups is 2. The summed E-state index contributed by atoms with van der Waals surface area (Å²) in [5, 5.41) is 32.8. The van der Waals surface area contributed by atoms with Gasteiger partial charge in [0.25, 0.3) is 0 Å². The van der Waals surface area contributed by atoms with Crippen molar-refractivity contribution in [3.8, 4) is 11.5 Å². The second-order valence-electron chi connectivity index (χ2n) is 17.9. The molecule has 60 heavy (non-hydrogen) atoms. The van der Waals surface area contributed by atoms with Crippen LogP contribution < -0.4 is 25.4 Å². The van der Waals surface area contributed by atoms with Crippen LogP contribution in [0.25, 0.3) is 10.9 Å². The number of nitrogens with two attached hydrogens (primary N) is 1. The molecule has 14 heteroatoms. The Hall–Kier alpha value is -3.62. The van der Waals surface area contributed by atoms with Crippen LogP contribution in [-0.4, -0.2) is 112 Å². The summed E-state index contributed by atoms with van der Waals surface area (Å²) in [4.78, 5) is 20.8. The molecule has 0 bridgehead atoms. The van der Waals surface area contributed by atoms with E-state index >= 15 is 0 Å². The molecular formula is C46H59Cl2N7O5. The molecule has 3 saturated heterocycles. The van der Waals surface area contributed by atoms with E-state index in [0.717, 1.165) is 100.0 Å². The maximum atomic E-state index is 13.9. The van der Waals surface area contributed by atoms with Crippen molar-refractivity contribution in [1.82, 2.24) is 24.9 Å². The van der Waals surface area contributed by atoms with Gasteiger partial charge < -0.3 is 45.4 Å². The highest BCUT2D eigenvalue weighted by Crippen LogP contribution is 2.41. The third kappa shape index (κ3) is 9.55. The zero-order valence-electron chi connectivity index (χ0n) is 34.5. The number of likely N-dealkylation sites (tertiary alicyclic amines) is 2. The molecule has 0 radical (unpaired) electrons. The van der Waals surface area contributed by atoms with Crippen molar-refractivity contribution in [3.63, 3.8) is 0 Å². The third-order valence-electron chi connectivity index (χ3n) is 13.3. The number of carbonyl (C=O) groups is 1. The number of anilines is 1. The maximum Gasteiger partial charge on any atom is 0.225 e. The summed E-state index contributed by atoms with van der Waals surface area (Å²) >= 11 is 13.3. The van der Waals surface area contributed by atoms with Gasteiger partial charge in [0.1, 0.15) is 23.7 Å². The van der Waals surface area contributed by atoms with E-state index in [1.807, 2.05) is 36.0 Å². The van der Waals surface area contributed by atoms with E-state index in [9.17, 15) is 15.0 Å². The fourth-order valence-corrected chi connectivity index (χ4v) is 9.90. The summed E-state index contributed by atoms with van der Waals surface area (Å²) in [7, 11) is 1.98. The van der Waals surface area contributed by atoms with E-state index in [1.165, 1.54) is 12.8 Å². The molecule has 322 valence electrons. The molecule has 5 aliphatic rings.